The summed E-state index contributed by atoms with van der Waals surface area (Å²) in [7, 11) is 0. The van der Waals surface area contributed by atoms with Gasteiger partial charge in [-0.15, -0.1) is 0 Å². The van der Waals surface area contributed by atoms with Crippen LogP contribution in [-0.4, -0.2) is 106 Å². The van der Waals surface area contributed by atoms with E-state index in [0.29, 0.717) is 16.9 Å². The summed E-state index contributed by atoms with van der Waals surface area (Å²) in [6.45, 7) is 0.845. The van der Waals surface area contributed by atoms with Crippen molar-refractivity contribution in [1.82, 2.24) is 26.6 Å². The van der Waals surface area contributed by atoms with Gasteiger partial charge in [0.05, 0.1) is 12.6 Å². The molecule has 0 aliphatic heterocycles. The lowest BCUT2D eigenvalue weighted by atomic mass is 10.0. The van der Waals surface area contributed by atoms with E-state index >= 15 is 0 Å². The van der Waals surface area contributed by atoms with Gasteiger partial charge in [-0.25, -0.2) is 4.79 Å². The van der Waals surface area contributed by atoms with E-state index in [-0.39, 0.29) is 31.4 Å². The molecule has 272 valence electrons. The first-order valence-electron chi connectivity index (χ1n) is 15.7. The number of rotatable bonds is 21. The molecule has 0 heterocycles. The number of carboxylic acids is 2. The van der Waals surface area contributed by atoms with Crippen molar-refractivity contribution in [2.75, 3.05) is 18.6 Å². The highest BCUT2D eigenvalue weighted by atomic mass is 32.2. The van der Waals surface area contributed by atoms with Crippen LogP contribution in [0.2, 0.25) is 0 Å². The average Bonchev–Trinajstić information content (AvgIpc) is 3.07. The summed E-state index contributed by atoms with van der Waals surface area (Å²) < 4.78 is 0. The Morgan fingerprint density at radius 1 is 0.720 bits per heavy atom. The number of aromatic hydroxyl groups is 1. The number of amides is 5. The first-order chi connectivity index (χ1) is 23.7. The van der Waals surface area contributed by atoms with Gasteiger partial charge in [-0.3, -0.25) is 28.8 Å². The average molecular weight is 717 g/mol. The Hall–Kier alpha value is -5.16. The zero-order valence-corrected chi connectivity index (χ0v) is 28.5. The molecule has 0 aliphatic carbocycles. The van der Waals surface area contributed by atoms with Crippen LogP contribution in [0, 0.1) is 0 Å². The highest BCUT2D eigenvalue weighted by molar-refractivity contribution is 7.98. The lowest BCUT2D eigenvalue weighted by Crippen LogP contribution is -2.57. The van der Waals surface area contributed by atoms with Crippen molar-refractivity contribution in [3.05, 3.63) is 65.7 Å². The number of hydrogen-bond acceptors (Lipinski definition) is 10. The molecule has 0 bridgehead atoms. The zero-order chi connectivity index (χ0) is 37.2. The molecule has 10 N–H and O–H groups in total. The largest absolute Gasteiger partial charge is 0.508 e. The summed E-state index contributed by atoms with van der Waals surface area (Å²) in [5.74, 6) is -5.84. The summed E-state index contributed by atoms with van der Waals surface area (Å²) in [6.07, 6.45) is 1.17. The van der Waals surface area contributed by atoms with Crippen LogP contribution in [0.3, 0.4) is 0 Å². The molecule has 0 saturated carbocycles. The smallest absolute Gasteiger partial charge is 0.326 e. The van der Waals surface area contributed by atoms with Crippen LogP contribution < -0.4 is 32.3 Å². The van der Waals surface area contributed by atoms with Gasteiger partial charge in [0.15, 0.2) is 0 Å². The maximum absolute atomic E-state index is 13.5. The monoisotopic (exact) mass is 716 g/mol. The summed E-state index contributed by atoms with van der Waals surface area (Å²) in [4.78, 5) is 87.3. The number of carbonyl (C=O) groups is 7. The van der Waals surface area contributed by atoms with E-state index in [2.05, 4.69) is 26.6 Å². The Balaban J connectivity index is 2.05. The molecule has 17 heteroatoms. The number of carbonyl (C=O) groups excluding carboxylic acids is 5. The van der Waals surface area contributed by atoms with Gasteiger partial charge in [0.25, 0.3) is 0 Å². The third-order valence-electron chi connectivity index (χ3n) is 7.34. The minimum atomic E-state index is -1.50. The van der Waals surface area contributed by atoms with Crippen molar-refractivity contribution in [3.8, 4) is 5.75 Å². The fraction of sp³-hybridized carbons (Fsp3) is 0.424. The molecule has 0 unspecified atom stereocenters. The highest BCUT2D eigenvalue weighted by Crippen LogP contribution is 2.11. The number of benzene rings is 2. The first kappa shape index (κ1) is 41.0. The molecule has 0 radical (unpaired) electrons. The van der Waals surface area contributed by atoms with E-state index < -0.39 is 84.6 Å². The van der Waals surface area contributed by atoms with Crippen LogP contribution in [0.25, 0.3) is 0 Å². The molecule has 16 nitrogen and oxygen atoms in total. The molecule has 5 amide bonds. The number of carboxylic acid groups (broad SMARTS) is 2. The van der Waals surface area contributed by atoms with Crippen LogP contribution in [0.15, 0.2) is 54.6 Å². The summed E-state index contributed by atoms with van der Waals surface area (Å²) >= 11 is 1.38. The van der Waals surface area contributed by atoms with Gasteiger partial charge < -0.3 is 47.6 Å². The van der Waals surface area contributed by atoms with Crippen molar-refractivity contribution in [2.45, 2.75) is 69.2 Å². The van der Waals surface area contributed by atoms with E-state index in [1.165, 1.54) is 30.8 Å². The summed E-state index contributed by atoms with van der Waals surface area (Å²) in [5, 5.41) is 40.1. The molecule has 2 rings (SSSR count). The maximum atomic E-state index is 13.5. The van der Waals surface area contributed by atoms with Gasteiger partial charge in [0, 0.05) is 12.8 Å². The standard InChI is InChI=1S/C33H44N6O10S/c1-19(36-30(45)23(34)16-21-8-10-22(40)11-9-21)29(44)35-18-27(41)37-26(17-20-6-4-3-5-7-20)32(47)38-24(14-15-50-2)31(46)39-25(33(48)49)12-13-28(42)43/h3-11,19,23-26,40H,12-18,34H2,1-2H3,(H,35,44)(H,36,45)(H,37,41)(H,38,47)(H,39,46)(H,42,43)(H,48,49)/t19-,23-,24-,25-,26-/m0/s1. The number of phenols is 1. The van der Waals surface area contributed by atoms with E-state index in [9.17, 15) is 43.8 Å². The van der Waals surface area contributed by atoms with Gasteiger partial charge >= 0.3 is 11.9 Å². The van der Waals surface area contributed by atoms with Crippen molar-refractivity contribution in [1.29, 1.82) is 0 Å². The van der Waals surface area contributed by atoms with E-state index in [1.807, 2.05) is 0 Å². The van der Waals surface area contributed by atoms with Gasteiger partial charge in [-0.2, -0.15) is 11.8 Å². The molecular weight excluding hydrogens is 672 g/mol. The van der Waals surface area contributed by atoms with Gasteiger partial charge in [-0.05, 0) is 61.5 Å². The fourth-order valence-electron chi connectivity index (χ4n) is 4.56. The fourth-order valence-corrected chi connectivity index (χ4v) is 5.04. The molecule has 0 spiro atoms. The lowest BCUT2D eigenvalue weighted by Gasteiger charge is -2.24. The molecule has 2 aromatic rings. The maximum Gasteiger partial charge on any atom is 0.326 e. The number of aliphatic carboxylic acids is 2. The quantitative estimate of drug-likeness (QED) is 0.0775. The van der Waals surface area contributed by atoms with Crippen LogP contribution in [-0.2, 0) is 46.4 Å². The van der Waals surface area contributed by atoms with Gasteiger partial charge in [0.1, 0.15) is 29.9 Å². The third kappa shape index (κ3) is 14.9. The molecule has 0 saturated heterocycles. The summed E-state index contributed by atoms with van der Waals surface area (Å²) in [5.41, 5.74) is 7.33. The van der Waals surface area contributed by atoms with Gasteiger partial charge in [0.2, 0.25) is 29.5 Å². The summed E-state index contributed by atoms with van der Waals surface area (Å²) in [6, 6.07) is 8.84. The van der Waals surface area contributed by atoms with Crippen LogP contribution >= 0.6 is 11.8 Å². The second-order valence-electron chi connectivity index (χ2n) is 11.4. The third-order valence-corrected chi connectivity index (χ3v) is 7.99. The number of nitrogens with two attached hydrogens (primary N) is 1. The number of nitrogens with one attached hydrogen (secondary N) is 5. The normalized spacial score (nSPS) is 13.7. The minimum Gasteiger partial charge on any atom is -0.508 e. The lowest BCUT2D eigenvalue weighted by molar-refractivity contribution is -0.143. The first-order valence-corrected chi connectivity index (χ1v) is 17.1. The Kier molecular flexibility index (Phi) is 17.3. The predicted molar refractivity (Wildman–Crippen MR) is 184 cm³/mol. The van der Waals surface area contributed by atoms with Crippen LogP contribution in [0.5, 0.6) is 5.75 Å². The minimum absolute atomic E-state index is 0.00493. The van der Waals surface area contributed by atoms with Crippen molar-refractivity contribution in [3.63, 3.8) is 0 Å². The zero-order valence-electron chi connectivity index (χ0n) is 27.7. The Morgan fingerprint density at radius 2 is 1.32 bits per heavy atom. The topological polar surface area (TPSA) is 266 Å². The van der Waals surface area contributed by atoms with Gasteiger partial charge in [-0.1, -0.05) is 42.5 Å². The predicted octanol–water partition coefficient (Wildman–Crippen LogP) is -0.717. The second-order valence-corrected chi connectivity index (χ2v) is 12.4. The Morgan fingerprint density at radius 3 is 1.92 bits per heavy atom. The van der Waals surface area contributed by atoms with Crippen molar-refractivity contribution < 1.29 is 48.9 Å². The number of thioether (sulfide) groups is 1. The molecule has 2 aromatic carbocycles. The van der Waals surface area contributed by atoms with Crippen LogP contribution in [0.4, 0.5) is 0 Å². The molecule has 50 heavy (non-hydrogen) atoms. The van der Waals surface area contributed by atoms with Crippen LogP contribution in [0.1, 0.15) is 37.3 Å². The second kappa shape index (κ2) is 21.0. The van der Waals surface area contributed by atoms with E-state index in [4.69, 9.17) is 10.8 Å². The van der Waals surface area contributed by atoms with E-state index in [0.717, 1.165) is 0 Å². The Labute approximate surface area is 293 Å². The van der Waals surface area contributed by atoms with Crippen molar-refractivity contribution in [2.24, 2.45) is 5.73 Å². The highest BCUT2D eigenvalue weighted by Gasteiger charge is 2.30. The molecule has 0 fully saturated rings. The molecule has 0 aliphatic rings. The molecular formula is C33H44N6O10S. The Bertz CT molecular complexity index is 1480. The number of hydrogen-bond donors (Lipinski definition) is 9. The molecule has 5 atom stereocenters. The SMILES string of the molecule is CSCC[C@H](NC(=O)[C@H](Cc1ccccc1)NC(=O)CNC(=O)[C@H](C)NC(=O)[C@@H](N)Cc1ccc(O)cc1)C(=O)N[C@@H](CCC(=O)O)C(=O)O. The number of phenolic OH excluding ortho intramolecular Hbond substituents is 1. The van der Waals surface area contributed by atoms with E-state index in [1.54, 1.807) is 48.7 Å². The van der Waals surface area contributed by atoms with Crippen molar-refractivity contribution >= 4 is 53.2 Å². The molecule has 0 aromatic heterocycles.